The molecule has 0 fully saturated rings. The summed E-state index contributed by atoms with van der Waals surface area (Å²) in [5.74, 6) is 0. The molecule has 1 aliphatic heterocycles. The number of benzene rings is 2. The number of fused-ring (bicyclic) bond motifs is 2. The summed E-state index contributed by atoms with van der Waals surface area (Å²) in [5, 5.41) is 0. The standard InChI is InChI=1S/C17H20N2/c1-11-9-10-13-16(15(11)18)19(4)14-8-6-5-7-12(14)17(13,2)3/h5-10H,18H2,1-4H3. The Labute approximate surface area is 114 Å². The first-order chi connectivity index (χ1) is 8.94. The molecule has 2 heteroatoms. The molecule has 19 heavy (non-hydrogen) atoms. The number of hydrogen-bond acceptors (Lipinski definition) is 2. The molecule has 2 aromatic rings. The highest BCUT2D eigenvalue weighted by Crippen LogP contribution is 2.50. The Kier molecular flexibility index (Phi) is 2.40. The summed E-state index contributed by atoms with van der Waals surface area (Å²) >= 11 is 0. The summed E-state index contributed by atoms with van der Waals surface area (Å²) in [4.78, 5) is 2.22. The Bertz CT molecular complexity index is 656. The fourth-order valence-electron chi connectivity index (χ4n) is 3.13. The zero-order chi connectivity index (χ0) is 13.8. The highest BCUT2D eigenvalue weighted by atomic mass is 15.1. The molecule has 2 nitrogen and oxygen atoms in total. The van der Waals surface area contributed by atoms with Gasteiger partial charge in [-0.2, -0.15) is 0 Å². The zero-order valence-corrected chi connectivity index (χ0v) is 12.0. The molecule has 0 aliphatic carbocycles. The number of rotatable bonds is 0. The minimum absolute atomic E-state index is 0.0136. The van der Waals surface area contributed by atoms with Crippen LogP contribution in [0.3, 0.4) is 0 Å². The van der Waals surface area contributed by atoms with Crippen LogP contribution in [0, 0.1) is 6.92 Å². The normalized spacial score (nSPS) is 15.9. The maximum absolute atomic E-state index is 6.33. The molecule has 2 N–H and O–H groups in total. The van der Waals surface area contributed by atoms with Gasteiger partial charge < -0.3 is 10.6 Å². The number of aryl methyl sites for hydroxylation is 1. The molecule has 98 valence electrons. The van der Waals surface area contributed by atoms with Crippen LogP contribution >= 0.6 is 0 Å². The minimum atomic E-state index is -0.0136. The van der Waals surface area contributed by atoms with Gasteiger partial charge in [0, 0.05) is 18.2 Å². The number of anilines is 3. The van der Waals surface area contributed by atoms with Crippen LogP contribution in [0.25, 0.3) is 0 Å². The maximum Gasteiger partial charge on any atom is 0.0686 e. The molecule has 2 aromatic carbocycles. The molecule has 0 radical (unpaired) electrons. The average molecular weight is 252 g/mol. The largest absolute Gasteiger partial charge is 0.397 e. The number of nitrogen functional groups attached to an aromatic ring is 1. The predicted octanol–water partition coefficient (Wildman–Crippen LogP) is 3.98. The van der Waals surface area contributed by atoms with Gasteiger partial charge in [0.05, 0.1) is 11.4 Å². The van der Waals surface area contributed by atoms with Crippen molar-refractivity contribution >= 4 is 17.1 Å². The minimum Gasteiger partial charge on any atom is -0.397 e. The first kappa shape index (κ1) is 12.1. The Morgan fingerprint density at radius 1 is 1.00 bits per heavy atom. The quantitative estimate of drug-likeness (QED) is 0.718. The van der Waals surface area contributed by atoms with E-state index in [-0.39, 0.29) is 5.41 Å². The third-order valence-electron chi connectivity index (χ3n) is 4.38. The van der Waals surface area contributed by atoms with E-state index in [2.05, 4.69) is 69.1 Å². The second-order valence-electron chi connectivity index (χ2n) is 5.89. The van der Waals surface area contributed by atoms with E-state index in [1.165, 1.54) is 16.8 Å². The van der Waals surface area contributed by atoms with Crippen molar-refractivity contribution in [2.24, 2.45) is 0 Å². The molecule has 1 aliphatic rings. The summed E-state index contributed by atoms with van der Waals surface area (Å²) in [5.41, 5.74) is 13.4. The highest BCUT2D eigenvalue weighted by Gasteiger charge is 2.35. The van der Waals surface area contributed by atoms with E-state index < -0.39 is 0 Å². The van der Waals surface area contributed by atoms with Gasteiger partial charge in [-0.1, -0.05) is 44.2 Å². The monoisotopic (exact) mass is 252 g/mol. The van der Waals surface area contributed by atoms with Crippen LogP contribution < -0.4 is 10.6 Å². The zero-order valence-electron chi connectivity index (χ0n) is 12.0. The van der Waals surface area contributed by atoms with E-state index in [4.69, 9.17) is 5.73 Å². The Morgan fingerprint density at radius 2 is 1.68 bits per heavy atom. The van der Waals surface area contributed by atoms with Crippen LogP contribution in [0.4, 0.5) is 17.1 Å². The van der Waals surface area contributed by atoms with Gasteiger partial charge >= 0.3 is 0 Å². The van der Waals surface area contributed by atoms with Gasteiger partial charge in [-0.3, -0.25) is 0 Å². The number of para-hydroxylation sites is 1. The van der Waals surface area contributed by atoms with Gasteiger partial charge in [-0.25, -0.2) is 0 Å². The molecular formula is C17H20N2. The van der Waals surface area contributed by atoms with E-state index in [0.29, 0.717) is 0 Å². The predicted molar refractivity (Wildman–Crippen MR) is 82.2 cm³/mol. The average Bonchev–Trinajstić information content (AvgIpc) is 2.39. The maximum atomic E-state index is 6.33. The van der Waals surface area contributed by atoms with Crippen molar-refractivity contribution in [2.75, 3.05) is 17.7 Å². The SMILES string of the molecule is Cc1ccc2c(c1N)N(C)c1ccccc1C2(C)C. The molecule has 0 unspecified atom stereocenters. The molecule has 0 spiro atoms. The van der Waals surface area contributed by atoms with E-state index in [0.717, 1.165) is 16.9 Å². The van der Waals surface area contributed by atoms with E-state index in [9.17, 15) is 0 Å². The van der Waals surface area contributed by atoms with E-state index in [1.807, 2.05) is 0 Å². The van der Waals surface area contributed by atoms with Gasteiger partial charge in [0.2, 0.25) is 0 Å². The summed E-state index contributed by atoms with van der Waals surface area (Å²) in [6.07, 6.45) is 0. The summed E-state index contributed by atoms with van der Waals surface area (Å²) < 4.78 is 0. The molecule has 0 atom stereocenters. The van der Waals surface area contributed by atoms with Gasteiger partial charge in [0.1, 0.15) is 0 Å². The van der Waals surface area contributed by atoms with E-state index in [1.54, 1.807) is 0 Å². The van der Waals surface area contributed by atoms with Crippen molar-refractivity contribution < 1.29 is 0 Å². The van der Waals surface area contributed by atoms with Crippen molar-refractivity contribution in [3.63, 3.8) is 0 Å². The van der Waals surface area contributed by atoms with Crippen LogP contribution in [0.1, 0.15) is 30.5 Å². The number of nitrogens with zero attached hydrogens (tertiary/aromatic N) is 1. The summed E-state index contributed by atoms with van der Waals surface area (Å²) in [6, 6.07) is 12.9. The van der Waals surface area contributed by atoms with Crippen LogP contribution in [-0.4, -0.2) is 7.05 Å². The summed E-state index contributed by atoms with van der Waals surface area (Å²) in [7, 11) is 2.10. The lowest BCUT2D eigenvalue weighted by Crippen LogP contribution is -2.31. The molecular weight excluding hydrogens is 232 g/mol. The van der Waals surface area contributed by atoms with Crippen molar-refractivity contribution in [1.29, 1.82) is 0 Å². The Morgan fingerprint density at radius 3 is 2.42 bits per heavy atom. The molecule has 0 saturated carbocycles. The van der Waals surface area contributed by atoms with Gasteiger partial charge in [0.25, 0.3) is 0 Å². The third kappa shape index (κ3) is 1.49. The lowest BCUT2D eigenvalue weighted by Gasteiger charge is -2.41. The topological polar surface area (TPSA) is 29.3 Å². The van der Waals surface area contributed by atoms with Crippen LogP contribution in [0.15, 0.2) is 36.4 Å². The Balaban J connectivity index is 2.38. The van der Waals surface area contributed by atoms with Gasteiger partial charge in [-0.15, -0.1) is 0 Å². The van der Waals surface area contributed by atoms with Crippen LogP contribution in [0.2, 0.25) is 0 Å². The summed E-state index contributed by atoms with van der Waals surface area (Å²) in [6.45, 7) is 6.61. The fourth-order valence-corrected chi connectivity index (χ4v) is 3.13. The molecule has 0 saturated heterocycles. The lowest BCUT2D eigenvalue weighted by atomic mass is 9.73. The second-order valence-corrected chi connectivity index (χ2v) is 5.89. The lowest BCUT2D eigenvalue weighted by molar-refractivity contribution is 0.630. The first-order valence-electron chi connectivity index (χ1n) is 6.67. The van der Waals surface area contributed by atoms with Gasteiger partial charge in [0.15, 0.2) is 0 Å². The third-order valence-corrected chi connectivity index (χ3v) is 4.38. The van der Waals surface area contributed by atoms with Crippen molar-refractivity contribution in [3.8, 4) is 0 Å². The molecule has 3 rings (SSSR count). The number of hydrogen-bond donors (Lipinski definition) is 1. The first-order valence-corrected chi connectivity index (χ1v) is 6.67. The molecule has 1 heterocycles. The van der Waals surface area contributed by atoms with Crippen molar-refractivity contribution in [2.45, 2.75) is 26.2 Å². The second kappa shape index (κ2) is 3.77. The molecule has 0 bridgehead atoms. The van der Waals surface area contributed by atoms with Gasteiger partial charge in [-0.05, 0) is 29.7 Å². The van der Waals surface area contributed by atoms with Crippen molar-refractivity contribution in [1.82, 2.24) is 0 Å². The fraction of sp³-hybridized carbons (Fsp3) is 0.294. The highest BCUT2D eigenvalue weighted by molar-refractivity contribution is 5.86. The van der Waals surface area contributed by atoms with Crippen molar-refractivity contribution in [3.05, 3.63) is 53.1 Å². The molecule has 0 aromatic heterocycles. The van der Waals surface area contributed by atoms with Crippen LogP contribution in [-0.2, 0) is 5.41 Å². The Hall–Kier alpha value is -1.96. The van der Waals surface area contributed by atoms with E-state index >= 15 is 0 Å². The molecule has 0 amide bonds. The number of nitrogens with two attached hydrogens (primary N) is 1. The smallest absolute Gasteiger partial charge is 0.0686 e. The van der Waals surface area contributed by atoms with Crippen LogP contribution in [0.5, 0.6) is 0 Å².